The third-order valence-corrected chi connectivity index (χ3v) is 1.99. The van der Waals surface area contributed by atoms with Crippen LogP contribution in [0.5, 0.6) is 0 Å². The Morgan fingerprint density at radius 2 is 2.15 bits per heavy atom. The minimum absolute atomic E-state index is 0.333. The van der Waals surface area contributed by atoms with Gasteiger partial charge in [0.15, 0.2) is 0 Å². The molecule has 0 bridgehead atoms. The number of hydrogen-bond acceptors (Lipinski definition) is 2. The first kappa shape index (κ1) is 12.7. The molecule has 0 spiro atoms. The molecule has 0 heterocycles. The van der Waals surface area contributed by atoms with Gasteiger partial charge in [-0.2, -0.15) is 0 Å². The molecule has 0 saturated heterocycles. The van der Waals surface area contributed by atoms with Crippen LogP contribution in [-0.2, 0) is 4.74 Å². The lowest BCUT2D eigenvalue weighted by Gasteiger charge is -2.21. The minimum Gasteiger partial charge on any atom is -0.376 e. The zero-order valence-corrected chi connectivity index (χ0v) is 9.18. The first-order valence-corrected chi connectivity index (χ1v) is 5.15. The fourth-order valence-corrected chi connectivity index (χ4v) is 1.08. The summed E-state index contributed by atoms with van der Waals surface area (Å²) in [5, 5.41) is 3.31. The Kier molecular flexibility index (Phi) is 8.05. The molecule has 0 aromatic heterocycles. The van der Waals surface area contributed by atoms with Crippen LogP contribution in [0.15, 0.2) is 12.7 Å². The first-order chi connectivity index (χ1) is 6.22. The van der Waals surface area contributed by atoms with Gasteiger partial charge < -0.3 is 10.1 Å². The highest BCUT2D eigenvalue weighted by molar-refractivity contribution is 4.69. The summed E-state index contributed by atoms with van der Waals surface area (Å²) in [7, 11) is 0. The van der Waals surface area contributed by atoms with Gasteiger partial charge in [-0.25, -0.2) is 0 Å². The predicted octanol–water partition coefficient (Wildman–Crippen LogP) is 2.21. The van der Waals surface area contributed by atoms with Crippen LogP contribution in [0.1, 0.15) is 27.2 Å². The monoisotopic (exact) mass is 185 g/mol. The maximum Gasteiger partial charge on any atom is 0.0722 e. The average Bonchev–Trinajstić information content (AvgIpc) is 2.10. The smallest absolute Gasteiger partial charge is 0.0722 e. The molecule has 0 aliphatic rings. The largest absolute Gasteiger partial charge is 0.376 e. The molecule has 0 saturated carbocycles. The van der Waals surface area contributed by atoms with E-state index in [4.69, 9.17) is 4.74 Å². The highest BCUT2D eigenvalue weighted by Crippen LogP contribution is 2.05. The van der Waals surface area contributed by atoms with Crippen LogP contribution in [0.2, 0.25) is 0 Å². The van der Waals surface area contributed by atoms with Gasteiger partial charge in [0.05, 0.1) is 12.7 Å². The maximum atomic E-state index is 5.71. The van der Waals surface area contributed by atoms with E-state index in [0.717, 1.165) is 26.1 Å². The van der Waals surface area contributed by atoms with Gasteiger partial charge in [-0.1, -0.05) is 26.8 Å². The summed E-state index contributed by atoms with van der Waals surface area (Å²) >= 11 is 0. The van der Waals surface area contributed by atoms with Crippen molar-refractivity contribution in [1.82, 2.24) is 5.32 Å². The number of rotatable bonds is 8. The Bertz CT molecular complexity index is 123. The van der Waals surface area contributed by atoms with Crippen LogP contribution in [-0.4, -0.2) is 25.8 Å². The SMILES string of the molecule is C=CCCOC(CNCC)C(C)C. The topological polar surface area (TPSA) is 21.3 Å². The lowest BCUT2D eigenvalue weighted by molar-refractivity contribution is 0.0260. The number of hydrogen-bond donors (Lipinski definition) is 1. The van der Waals surface area contributed by atoms with E-state index in [1.165, 1.54) is 0 Å². The number of likely N-dealkylation sites (N-methyl/N-ethyl adjacent to an activating group) is 1. The molecule has 0 aromatic carbocycles. The molecule has 1 unspecified atom stereocenters. The van der Waals surface area contributed by atoms with Crippen molar-refractivity contribution >= 4 is 0 Å². The third-order valence-electron chi connectivity index (χ3n) is 1.99. The van der Waals surface area contributed by atoms with Crippen molar-refractivity contribution in [2.24, 2.45) is 5.92 Å². The molecule has 0 amide bonds. The molecule has 0 fully saturated rings. The van der Waals surface area contributed by atoms with Crippen LogP contribution in [0.25, 0.3) is 0 Å². The Labute approximate surface area is 82.4 Å². The van der Waals surface area contributed by atoms with Crippen molar-refractivity contribution in [3.63, 3.8) is 0 Å². The molecule has 0 rings (SSSR count). The van der Waals surface area contributed by atoms with Crippen molar-refractivity contribution in [2.75, 3.05) is 19.7 Å². The molecule has 78 valence electrons. The zero-order valence-electron chi connectivity index (χ0n) is 9.18. The van der Waals surface area contributed by atoms with Gasteiger partial charge in [0.25, 0.3) is 0 Å². The Balaban J connectivity index is 3.60. The van der Waals surface area contributed by atoms with E-state index >= 15 is 0 Å². The second kappa shape index (κ2) is 8.27. The van der Waals surface area contributed by atoms with Crippen LogP contribution >= 0.6 is 0 Å². The summed E-state index contributed by atoms with van der Waals surface area (Å²) in [4.78, 5) is 0. The fraction of sp³-hybridized carbons (Fsp3) is 0.818. The molecule has 1 N–H and O–H groups in total. The van der Waals surface area contributed by atoms with Crippen molar-refractivity contribution in [3.8, 4) is 0 Å². The van der Waals surface area contributed by atoms with E-state index in [9.17, 15) is 0 Å². The maximum absolute atomic E-state index is 5.71. The molecular formula is C11H23NO. The van der Waals surface area contributed by atoms with Crippen LogP contribution in [0.3, 0.4) is 0 Å². The van der Waals surface area contributed by atoms with Gasteiger partial charge in [-0.15, -0.1) is 6.58 Å². The summed E-state index contributed by atoms with van der Waals surface area (Å²) in [5.41, 5.74) is 0. The van der Waals surface area contributed by atoms with E-state index in [-0.39, 0.29) is 0 Å². The molecule has 0 radical (unpaired) electrons. The second-order valence-electron chi connectivity index (χ2n) is 3.54. The van der Waals surface area contributed by atoms with Crippen molar-refractivity contribution in [2.45, 2.75) is 33.3 Å². The van der Waals surface area contributed by atoms with Crippen LogP contribution in [0, 0.1) is 5.92 Å². The van der Waals surface area contributed by atoms with Gasteiger partial charge in [-0.05, 0) is 18.9 Å². The molecule has 0 aliphatic heterocycles. The van der Waals surface area contributed by atoms with Gasteiger partial charge in [-0.3, -0.25) is 0 Å². The summed E-state index contributed by atoms with van der Waals surface area (Å²) in [6.45, 7) is 12.9. The molecule has 2 nitrogen and oxygen atoms in total. The summed E-state index contributed by atoms with van der Waals surface area (Å²) in [6, 6.07) is 0. The molecule has 2 heteroatoms. The highest BCUT2D eigenvalue weighted by Gasteiger charge is 2.12. The molecule has 0 aromatic rings. The van der Waals surface area contributed by atoms with Crippen molar-refractivity contribution < 1.29 is 4.74 Å². The van der Waals surface area contributed by atoms with E-state index in [0.29, 0.717) is 12.0 Å². The van der Waals surface area contributed by atoms with Gasteiger partial charge in [0.1, 0.15) is 0 Å². The second-order valence-corrected chi connectivity index (χ2v) is 3.54. The standard InChI is InChI=1S/C11H23NO/c1-5-7-8-13-11(10(3)4)9-12-6-2/h5,10-12H,1,6-9H2,2-4H3. The summed E-state index contributed by atoms with van der Waals surface area (Å²) in [5.74, 6) is 0.573. The average molecular weight is 185 g/mol. The van der Waals surface area contributed by atoms with Gasteiger partial charge in [0.2, 0.25) is 0 Å². The molecule has 1 atom stereocenters. The van der Waals surface area contributed by atoms with Gasteiger partial charge >= 0.3 is 0 Å². The first-order valence-electron chi connectivity index (χ1n) is 5.15. The van der Waals surface area contributed by atoms with E-state index < -0.39 is 0 Å². The Morgan fingerprint density at radius 1 is 1.46 bits per heavy atom. The fourth-order valence-electron chi connectivity index (χ4n) is 1.08. The minimum atomic E-state index is 0.333. The normalized spacial score (nSPS) is 13.2. The van der Waals surface area contributed by atoms with Crippen LogP contribution in [0.4, 0.5) is 0 Å². The van der Waals surface area contributed by atoms with Crippen molar-refractivity contribution in [3.05, 3.63) is 12.7 Å². The predicted molar refractivity (Wildman–Crippen MR) is 57.9 cm³/mol. The summed E-state index contributed by atoms with van der Waals surface area (Å²) in [6.07, 6.45) is 3.17. The third kappa shape index (κ3) is 6.79. The molecular weight excluding hydrogens is 162 g/mol. The van der Waals surface area contributed by atoms with Crippen molar-refractivity contribution in [1.29, 1.82) is 0 Å². The molecule has 0 aliphatic carbocycles. The highest BCUT2D eigenvalue weighted by atomic mass is 16.5. The quantitative estimate of drug-likeness (QED) is 0.462. The van der Waals surface area contributed by atoms with E-state index in [1.54, 1.807) is 0 Å². The number of ether oxygens (including phenoxy) is 1. The number of nitrogens with one attached hydrogen (secondary N) is 1. The van der Waals surface area contributed by atoms with Gasteiger partial charge in [0, 0.05) is 6.54 Å². The molecule has 13 heavy (non-hydrogen) atoms. The van der Waals surface area contributed by atoms with Crippen LogP contribution < -0.4 is 5.32 Å². The summed E-state index contributed by atoms with van der Waals surface area (Å²) < 4.78 is 5.71. The Hall–Kier alpha value is -0.340. The lowest BCUT2D eigenvalue weighted by atomic mass is 10.1. The zero-order chi connectivity index (χ0) is 10.1. The Morgan fingerprint density at radius 3 is 2.62 bits per heavy atom. The van der Waals surface area contributed by atoms with E-state index in [1.807, 2.05) is 6.08 Å². The van der Waals surface area contributed by atoms with E-state index in [2.05, 4.69) is 32.7 Å². The lowest BCUT2D eigenvalue weighted by Crippen LogP contribution is -2.33.